The molecule has 0 bridgehead atoms. The second kappa shape index (κ2) is 9.59. The van der Waals surface area contributed by atoms with Gasteiger partial charge in [0.25, 0.3) is 11.8 Å². The van der Waals surface area contributed by atoms with Gasteiger partial charge in [-0.1, -0.05) is 12.1 Å². The van der Waals surface area contributed by atoms with Crippen molar-refractivity contribution in [2.45, 2.75) is 25.9 Å². The van der Waals surface area contributed by atoms with Crippen LogP contribution in [0.2, 0.25) is 0 Å². The summed E-state index contributed by atoms with van der Waals surface area (Å²) in [6.07, 6.45) is -3.04. The van der Waals surface area contributed by atoms with Crippen molar-refractivity contribution in [1.29, 1.82) is 0 Å². The third-order valence-corrected chi connectivity index (χ3v) is 6.50. The fourth-order valence-electron chi connectivity index (χ4n) is 3.77. The fraction of sp³-hybridized carbons (Fsp3) is 0.348. The number of aliphatic hydroxyl groups is 1. The first-order valence-corrected chi connectivity index (χ1v) is 11.5. The lowest BCUT2D eigenvalue weighted by Crippen LogP contribution is -2.39. The Hall–Kier alpha value is -3.18. The average Bonchev–Trinajstić information content (AvgIpc) is 3.45. The lowest BCUT2D eigenvalue weighted by Gasteiger charge is -2.30. The number of aryl methyl sites for hydroxylation is 1. The molecule has 11 heteroatoms. The molecule has 0 atom stereocenters. The van der Waals surface area contributed by atoms with Gasteiger partial charge >= 0.3 is 6.18 Å². The number of benzene rings is 1. The van der Waals surface area contributed by atoms with E-state index in [0.717, 1.165) is 36.3 Å². The van der Waals surface area contributed by atoms with Gasteiger partial charge in [-0.25, -0.2) is 4.98 Å². The van der Waals surface area contributed by atoms with E-state index in [-0.39, 0.29) is 51.9 Å². The molecular formula is C23H22F3N3O4S. The van der Waals surface area contributed by atoms with E-state index in [2.05, 4.69) is 10.3 Å². The molecule has 0 radical (unpaired) electrons. The number of aromatic nitrogens is 1. The van der Waals surface area contributed by atoms with Gasteiger partial charge < -0.3 is 14.4 Å². The minimum Gasteiger partial charge on any atom is -0.461 e. The number of hydrogen-bond acceptors (Lipinski definition) is 6. The zero-order chi connectivity index (χ0) is 24.5. The molecule has 0 unspecified atom stereocenters. The van der Waals surface area contributed by atoms with Crippen LogP contribution in [-0.4, -0.2) is 46.5 Å². The summed E-state index contributed by atoms with van der Waals surface area (Å²) in [5.74, 6) is -0.205. The van der Waals surface area contributed by atoms with Gasteiger partial charge in [-0.15, -0.1) is 11.3 Å². The van der Waals surface area contributed by atoms with Crippen molar-refractivity contribution in [2.75, 3.05) is 25.0 Å². The number of carbonyl (C=O) groups excluding carboxylic acids is 2. The molecule has 0 spiro atoms. The first-order valence-electron chi connectivity index (χ1n) is 10.6. The molecule has 0 saturated carbocycles. The van der Waals surface area contributed by atoms with Gasteiger partial charge in [-0.05, 0) is 43.9 Å². The minimum absolute atomic E-state index is 0.109. The van der Waals surface area contributed by atoms with Gasteiger partial charge in [-0.2, -0.15) is 13.2 Å². The highest BCUT2D eigenvalue weighted by Crippen LogP contribution is 2.33. The summed E-state index contributed by atoms with van der Waals surface area (Å²) < 4.78 is 44.6. The Bertz CT molecular complexity index is 1200. The minimum atomic E-state index is -4.49. The monoisotopic (exact) mass is 493 g/mol. The van der Waals surface area contributed by atoms with Crippen LogP contribution in [0.1, 0.15) is 45.0 Å². The number of piperidine rings is 1. The molecule has 1 aliphatic rings. The topological polar surface area (TPSA) is 95.7 Å². The van der Waals surface area contributed by atoms with Crippen LogP contribution in [0.25, 0.3) is 11.3 Å². The van der Waals surface area contributed by atoms with E-state index in [1.807, 2.05) is 0 Å². The lowest BCUT2D eigenvalue weighted by atomic mass is 9.98. The number of aliphatic hydroxyl groups excluding tert-OH is 1. The second-order valence-electron chi connectivity index (χ2n) is 8.07. The molecule has 2 N–H and O–H groups in total. The van der Waals surface area contributed by atoms with Crippen molar-refractivity contribution in [3.63, 3.8) is 0 Å². The highest BCUT2D eigenvalue weighted by molar-refractivity contribution is 7.14. The molecule has 1 aromatic carbocycles. The van der Waals surface area contributed by atoms with Crippen molar-refractivity contribution in [1.82, 2.24) is 9.88 Å². The number of nitrogens with one attached hydrogen (secondary N) is 1. The smallest absolute Gasteiger partial charge is 0.416 e. The fourth-order valence-corrected chi connectivity index (χ4v) is 4.45. The molecule has 3 aromatic rings. The van der Waals surface area contributed by atoms with Crippen LogP contribution in [0.15, 0.2) is 40.1 Å². The third kappa shape index (κ3) is 5.15. The summed E-state index contributed by atoms with van der Waals surface area (Å²) in [5.41, 5.74) is -0.243. The Balaban J connectivity index is 1.45. The molecule has 0 aliphatic carbocycles. The van der Waals surface area contributed by atoms with E-state index in [9.17, 15) is 27.9 Å². The van der Waals surface area contributed by atoms with Gasteiger partial charge in [-0.3, -0.25) is 14.9 Å². The number of nitrogens with zero attached hydrogens (tertiary/aromatic N) is 2. The standard InChI is InChI=1S/C23H22F3N3O4S/c1-13-17(10-19(33-13)15-3-2-4-16(9-15)23(24,25)26)20(31)28-22-27-18(12-34-22)21(32)29-7-5-14(11-30)6-8-29/h2-4,9-10,12,14,30H,5-8,11H2,1H3,(H,27,28,31). The molecule has 1 aliphatic heterocycles. The van der Waals surface area contributed by atoms with E-state index < -0.39 is 17.6 Å². The molecule has 2 amide bonds. The Morgan fingerprint density at radius 2 is 2.00 bits per heavy atom. The summed E-state index contributed by atoms with van der Waals surface area (Å²) in [4.78, 5) is 31.3. The predicted molar refractivity (Wildman–Crippen MR) is 120 cm³/mol. The van der Waals surface area contributed by atoms with Crippen LogP contribution < -0.4 is 5.32 Å². The first-order chi connectivity index (χ1) is 16.2. The van der Waals surface area contributed by atoms with Crippen molar-refractivity contribution in [2.24, 2.45) is 5.92 Å². The highest BCUT2D eigenvalue weighted by atomic mass is 32.1. The first kappa shape index (κ1) is 24.0. The van der Waals surface area contributed by atoms with Crippen LogP contribution in [-0.2, 0) is 6.18 Å². The number of rotatable bonds is 5. The lowest BCUT2D eigenvalue weighted by molar-refractivity contribution is -0.137. The highest BCUT2D eigenvalue weighted by Gasteiger charge is 2.31. The maximum Gasteiger partial charge on any atom is 0.416 e. The summed E-state index contributed by atoms with van der Waals surface area (Å²) in [6, 6.07) is 6.05. The van der Waals surface area contributed by atoms with Crippen LogP contribution in [0.4, 0.5) is 18.3 Å². The van der Waals surface area contributed by atoms with Crippen molar-refractivity contribution < 1.29 is 32.3 Å². The average molecular weight is 494 g/mol. The normalized spacial score (nSPS) is 14.9. The number of carbonyl (C=O) groups is 2. The molecule has 3 heterocycles. The van der Waals surface area contributed by atoms with Gasteiger partial charge in [0.05, 0.1) is 11.1 Å². The van der Waals surface area contributed by atoms with E-state index in [1.54, 1.807) is 17.2 Å². The Labute approximate surface area is 197 Å². The van der Waals surface area contributed by atoms with E-state index >= 15 is 0 Å². The number of alkyl halides is 3. The zero-order valence-corrected chi connectivity index (χ0v) is 19.0. The summed E-state index contributed by atoms with van der Waals surface area (Å²) in [6.45, 7) is 2.72. The van der Waals surface area contributed by atoms with Gasteiger partial charge in [0.15, 0.2) is 5.13 Å². The van der Waals surface area contributed by atoms with Crippen molar-refractivity contribution in [3.8, 4) is 11.3 Å². The number of amides is 2. The maximum atomic E-state index is 13.0. The Kier molecular flexibility index (Phi) is 6.76. The quantitative estimate of drug-likeness (QED) is 0.531. The largest absolute Gasteiger partial charge is 0.461 e. The number of hydrogen-bond donors (Lipinski definition) is 2. The van der Waals surface area contributed by atoms with Gasteiger partial charge in [0.1, 0.15) is 17.2 Å². The molecule has 2 aromatic heterocycles. The molecule has 180 valence electrons. The van der Waals surface area contributed by atoms with Crippen LogP contribution >= 0.6 is 11.3 Å². The van der Waals surface area contributed by atoms with Gasteiger partial charge in [0, 0.05) is 30.6 Å². The summed E-state index contributed by atoms with van der Waals surface area (Å²) in [7, 11) is 0. The van der Waals surface area contributed by atoms with Gasteiger partial charge in [0.2, 0.25) is 0 Å². The summed E-state index contributed by atoms with van der Waals surface area (Å²) >= 11 is 1.10. The third-order valence-electron chi connectivity index (χ3n) is 5.74. The molecule has 1 saturated heterocycles. The van der Waals surface area contributed by atoms with Crippen LogP contribution in [0, 0.1) is 12.8 Å². The molecule has 7 nitrogen and oxygen atoms in total. The van der Waals surface area contributed by atoms with Crippen LogP contribution in [0.3, 0.4) is 0 Å². The zero-order valence-electron chi connectivity index (χ0n) is 18.2. The number of thiazole rings is 1. The van der Waals surface area contributed by atoms with Crippen molar-refractivity contribution in [3.05, 3.63) is 58.3 Å². The molecule has 4 rings (SSSR count). The molecule has 34 heavy (non-hydrogen) atoms. The Morgan fingerprint density at radius 3 is 2.68 bits per heavy atom. The van der Waals surface area contributed by atoms with E-state index in [1.165, 1.54) is 18.2 Å². The summed E-state index contributed by atoms with van der Waals surface area (Å²) in [5, 5.41) is 13.6. The van der Waals surface area contributed by atoms with Crippen LogP contribution in [0.5, 0.6) is 0 Å². The number of likely N-dealkylation sites (tertiary alicyclic amines) is 1. The SMILES string of the molecule is Cc1oc(-c2cccc(C(F)(F)F)c2)cc1C(=O)Nc1nc(C(=O)N2CCC(CO)CC2)cs1. The number of furan rings is 1. The predicted octanol–water partition coefficient (Wildman–Crippen LogP) is 4.83. The van der Waals surface area contributed by atoms with E-state index in [4.69, 9.17) is 4.42 Å². The number of halogens is 3. The second-order valence-corrected chi connectivity index (χ2v) is 8.93. The van der Waals surface area contributed by atoms with E-state index in [0.29, 0.717) is 13.1 Å². The Morgan fingerprint density at radius 1 is 1.26 bits per heavy atom. The molecule has 1 fully saturated rings. The maximum absolute atomic E-state index is 13.0. The number of anilines is 1. The van der Waals surface area contributed by atoms with Crippen molar-refractivity contribution >= 4 is 28.3 Å². The molecular weight excluding hydrogens is 471 g/mol.